The SMILES string of the molecule is CCCCCCCOc1ccc(CCc2ccc(-c3ccc(CC)cn3)cc2)cc1. The second kappa shape index (κ2) is 12.2. The molecule has 0 fully saturated rings. The van der Waals surface area contributed by atoms with Crippen molar-refractivity contribution < 1.29 is 4.74 Å². The monoisotopic (exact) mass is 401 g/mol. The largest absolute Gasteiger partial charge is 0.494 e. The molecule has 0 aliphatic carbocycles. The molecule has 1 aromatic heterocycles. The molecular weight excluding hydrogens is 366 g/mol. The molecule has 0 atom stereocenters. The molecule has 1 heterocycles. The van der Waals surface area contributed by atoms with Gasteiger partial charge in [0, 0.05) is 11.8 Å². The lowest BCUT2D eigenvalue weighted by atomic mass is 10.0. The number of benzene rings is 2. The van der Waals surface area contributed by atoms with Gasteiger partial charge in [0.2, 0.25) is 0 Å². The van der Waals surface area contributed by atoms with E-state index in [1.807, 2.05) is 6.20 Å². The van der Waals surface area contributed by atoms with Crippen LogP contribution in [0.3, 0.4) is 0 Å². The smallest absolute Gasteiger partial charge is 0.119 e. The number of unbranched alkanes of at least 4 members (excludes halogenated alkanes) is 4. The highest BCUT2D eigenvalue weighted by atomic mass is 16.5. The molecule has 0 aliphatic rings. The van der Waals surface area contributed by atoms with Gasteiger partial charge < -0.3 is 4.74 Å². The van der Waals surface area contributed by atoms with Gasteiger partial charge >= 0.3 is 0 Å². The van der Waals surface area contributed by atoms with E-state index in [1.54, 1.807) is 0 Å². The van der Waals surface area contributed by atoms with Gasteiger partial charge in [-0.15, -0.1) is 0 Å². The van der Waals surface area contributed by atoms with Gasteiger partial charge in [-0.3, -0.25) is 4.98 Å². The van der Waals surface area contributed by atoms with Crippen molar-refractivity contribution in [2.75, 3.05) is 6.61 Å². The Balaban J connectivity index is 1.43. The minimum atomic E-state index is 0.825. The first-order valence-corrected chi connectivity index (χ1v) is 11.5. The van der Waals surface area contributed by atoms with Crippen LogP contribution in [0.15, 0.2) is 66.9 Å². The maximum absolute atomic E-state index is 5.87. The average molecular weight is 402 g/mol. The van der Waals surface area contributed by atoms with Crippen molar-refractivity contribution in [1.29, 1.82) is 0 Å². The number of aryl methyl sites for hydroxylation is 3. The first-order chi connectivity index (χ1) is 14.8. The van der Waals surface area contributed by atoms with Crippen molar-refractivity contribution in [1.82, 2.24) is 4.98 Å². The molecule has 158 valence electrons. The lowest BCUT2D eigenvalue weighted by molar-refractivity contribution is 0.304. The third-order valence-corrected chi connectivity index (χ3v) is 5.63. The first-order valence-electron chi connectivity index (χ1n) is 11.5. The molecule has 2 nitrogen and oxygen atoms in total. The van der Waals surface area contributed by atoms with Crippen molar-refractivity contribution >= 4 is 0 Å². The number of hydrogen-bond acceptors (Lipinski definition) is 2. The van der Waals surface area contributed by atoms with Crippen molar-refractivity contribution in [3.63, 3.8) is 0 Å². The molecule has 0 N–H and O–H groups in total. The average Bonchev–Trinajstić information content (AvgIpc) is 2.81. The van der Waals surface area contributed by atoms with E-state index in [2.05, 4.69) is 79.5 Å². The van der Waals surface area contributed by atoms with Crippen LogP contribution >= 0.6 is 0 Å². The Kier molecular flexibility index (Phi) is 8.96. The summed E-state index contributed by atoms with van der Waals surface area (Å²) in [4.78, 5) is 4.58. The molecule has 0 spiro atoms. The summed E-state index contributed by atoms with van der Waals surface area (Å²) in [6.45, 7) is 5.23. The third-order valence-electron chi connectivity index (χ3n) is 5.63. The van der Waals surface area contributed by atoms with E-state index in [0.29, 0.717) is 0 Å². The Morgan fingerprint density at radius 1 is 0.667 bits per heavy atom. The predicted octanol–water partition coefficient (Wildman–Crippen LogP) is 7.45. The van der Waals surface area contributed by atoms with E-state index < -0.39 is 0 Å². The Labute approximate surface area is 182 Å². The molecule has 3 aromatic rings. The number of hydrogen-bond donors (Lipinski definition) is 0. The van der Waals surface area contributed by atoms with Gasteiger partial charge in [-0.2, -0.15) is 0 Å². The molecule has 2 heteroatoms. The Bertz CT molecular complexity index is 851. The highest BCUT2D eigenvalue weighted by Gasteiger charge is 2.02. The minimum absolute atomic E-state index is 0.825. The molecule has 2 aromatic carbocycles. The molecule has 30 heavy (non-hydrogen) atoms. The summed E-state index contributed by atoms with van der Waals surface area (Å²) < 4.78 is 5.87. The van der Waals surface area contributed by atoms with Gasteiger partial charge in [0.15, 0.2) is 0 Å². The second-order valence-corrected chi connectivity index (χ2v) is 8.01. The van der Waals surface area contributed by atoms with Crippen LogP contribution in [0.1, 0.15) is 62.6 Å². The summed E-state index contributed by atoms with van der Waals surface area (Å²) in [6, 6.07) is 21.7. The highest BCUT2D eigenvalue weighted by Crippen LogP contribution is 2.19. The number of aromatic nitrogens is 1. The van der Waals surface area contributed by atoms with Crippen molar-refractivity contribution in [3.05, 3.63) is 83.6 Å². The van der Waals surface area contributed by atoms with Gasteiger partial charge in [-0.1, -0.05) is 82.0 Å². The summed E-state index contributed by atoms with van der Waals surface area (Å²) in [5, 5.41) is 0. The normalized spacial score (nSPS) is 10.9. The van der Waals surface area contributed by atoms with Crippen molar-refractivity contribution in [2.24, 2.45) is 0 Å². The molecule has 0 aliphatic heterocycles. The fourth-order valence-electron chi connectivity index (χ4n) is 3.58. The topological polar surface area (TPSA) is 22.1 Å². The van der Waals surface area contributed by atoms with Gasteiger partial charge in [0.05, 0.1) is 12.3 Å². The van der Waals surface area contributed by atoms with Gasteiger partial charge in [0.1, 0.15) is 5.75 Å². The summed E-state index contributed by atoms with van der Waals surface area (Å²) in [7, 11) is 0. The predicted molar refractivity (Wildman–Crippen MR) is 127 cm³/mol. The van der Waals surface area contributed by atoms with Gasteiger partial charge in [-0.05, 0) is 60.6 Å². The molecule has 0 bridgehead atoms. The first kappa shape index (κ1) is 22.1. The molecule has 0 radical (unpaired) electrons. The summed E-state index contributed by atoms with van der Waals surface area (Å²) >= 11 is 0. The Morgan fingerprint density at radius 2 is 1.30 bits per heavy atom. The van der Waals surface area contributed by atoms with Crippen molar-refractivity contribution in [2.45, 2.75) is 65.2 Å². The summed E-state index contributed by atoms with van der Waals surface area (Å²) in [5.74, 6) is 0.986. The van der Waals surface area contributed by atoms with Crippen LogP contribution in [0.25, 0.3) is 11.3 Å². The van der Waals surface area contributed by atoms with Gasteiger partial charge in [-0.25, -0.2) is 0 Å². The van der Waals surface area contributed by atoms with E-state index in [0.717, 1.165) is 43.7 Å². The number of ether oxygens (including phenoxy) is 1. The summed E-state index contributed by atoms with van der Waals surface area (Å²) in [6.07, 6.45) is 11.4. The zero-order chi connectivity index (χ0) is 21.0. The van der Waals surface area contributed by atoms with E-state index in [9.17, 15) is 0 Å². The molecular formula is C28H35NO. The lowest BCUT2D eigenvalue weighted by Gasteiger charge is -2.08. The quantitative estimate of drug-likeness (QED) is 0.294. The fraction of sp³-hybridized carbons (Fsp3) is 0.393. The minimum Gasteiger partial charge on any atom is -0.494 e. The van der Waals surface area contributed by atoms with E-state index in [4.69, 9.17) is 4.74 Å². The Morgan fingerprint density at radius 3 is 1.90 bits per heavy atom. The lowest BCUT2D eigenvalue weighted by Crippen LogP contribution is -1.98. The van der Waals surface area contributed by atoms with E-state index in [-0.39, 0.29) is 0 Å². The molecule has 0 unspecified atom stereocenters. The number of pyridine rings is 1. The molecule has 0 amide bonds. The number of nitrogens with zero attached hydrogens (tertiary/aromatic N) is 1. The molecule has 3 rings (SSSR count). The van der Waals surface area contributed by atoms with Crippen LogP contribution < -0.4 is 4.74 Å². The maximum Gasteiger partial charge on any atom is 0.119 e. The van der Waals surface area contributed by atoms with Crippen LogP contribution in [0.2, 0.25) is 0 Å². The zero-order valence-corrected chi connectivity index (χ0v) is 18.6. The van der Waals surface area contributed by atoms with Crippen molar-refractivity contribution in [3.8, 4) is 17.0 Å². The van der Waals surface area contributed by atoms with E-state index >= 15 is 0 Å². The van der Waals surface area contributed by atoms with Crippen LogP contribution in [0.4, 0.5) is 0 Å². The van der Waals surface area contributed by atoms with E-state index in [1.165, 1.54) is 47.9 Å². The molecule has 0 saturated carbocycles. The Hall–Kier alpha value is -2.61. The second-order valence-electron chi connectivity index (χ2n) is 8.01. The maximum atomic E-state index is 5.87. The zero-order valence-electron chi connectivity index (χ0n) is 18.6. The highest BCUT2D eigenvalue weighted by molar-refractivity contribution is 5.59. The third kappa shape index (κ3) is 7.02. The summed E-state index contributed by atoms with van der Waals surface area (Å²) in [5.41, 5.74) is 6.21. The van der Waals surface area contributed by atoms with Crippen LogP contribution in [0.5, 0.6) is 5.75 Å². The molecule has 0 saturated heterocycles. The van der Waals surface area contributed by atoms with Crippen LogP contribution in [-0.2, 0) is 19.3 Å². The standard InChI is InChI=1S/C28H35NO/c1-3-5-6-7-8-21-30-27-18-13-25(14-19-27)10-9-24-11-16-26(17-12-24)28-20-15-23(4-2)22-29-28/h11-20,22H,3-10,21H2,1-2H3. The fourth-order valence-corrected chi connectivity index (χ4v) is 3.58. The van der Waals surface area contributed by atoms with Crippen LogP contribution in [0, 0.1) is 0 Å². The number of rotatable bonds is 12. The van der Waals surface area contributed by atoms with Gasteiger partial charge in [0.25, 0.3) is 0 Å². The van der Waals surface area contributed by atoms with Crippen LogP contribution in [-0.4, -0.2) is 11.6 Å².